The molecule has 0 aliphatic carbocycles. The van der Waals surface area contributed by atoms with Crippen molar-refractivity contribution in [2.75, 3.05) is 18.0 Å². The van der Waals surface area contributed by atoms with Crippen molar-refractivity contribution in [3.05, 3.63) is 23.8 Å². The van der Waals surface area contributed by atoms with Gasteiger partial charge in [-0.2, -0.15) is 0 Å². The first kappa shape index (κ1) is 14.9. The van der Waals surface area contributed by atoms with Crippen LogP contribution in [0, 0.1) is 6.92 Å². The molecule has 0 heterocycles. The summed E-state index contributed by atoms with van der Waals surface area (Å²) in [5.41, 5.74) is 2.49. The molecule has 0 spiro atoms. The van der Waals surface area contributed by atoms with Crippen molar-refractivity contribution in [1.82, 2.24) is 0 Å². The summed E-state index contributed by atoms with van der Waals surface area (Å²) in [6.07, 6.45) is 2.58. The predicted molar refractivity (Wildman–Crippen MR) is 79.7 cm³/mol. The number of hydrogen-bond acceptors (Lipinski definition) is 2. The summed E-state index contributed by atoms with van der Waals surface area (Å²) in [5, 5.41) is 0. The van der Waals surface area contributed by atoms with Crippen LogP contribution < -0.4 is 9.64 Å². The molecule has 0 bridgehead atoms. The lowest BCUT2D eigenvalue weighted by Crippen LogP contribution is -2.24. The van der Waals surface area contributed by atoms with Crippen LogP contribution >= 0.6 is 0 Å². The molecule has 0 aliphatic rings. The van der Waals surface area contributed by atoms with Crippen LogP contribution in [0.1, 0.15) is 46.1 Å². The number of aryl methyl sites for hydroxylation is 1. The standard InChI is InChI=1S/C16H27NO/c1-6-10-17(11-7-2)15-9-8-14(5)16(12-15)18-13(3)4/h8-9,12-13H,6-7,10-11H2,1-5H3. The van der Waals surface area contributed by atoms with E-state index in [4.69, 9.17) is 4.74 Å². The maximum atomic E-state index is 5.87. The van der Waals surface area contributed by atoms with Gasteiger partial charge in [0.2, 0.25) is 0 Å². The number of nitrogens with zero attached hydrogens (tertiary/aromatic N) is 1. The van der Waals surface area contributed by atoms with Gasteiger partial charge < -0.3 is 9.64 Å². The van der Waals surface area contributed by atoms with Gasteiger partial charge in [-0.1, -0.05) is 19.9 Å². The van der Waals surface area contributed by atoms with Crippen molar-refractivity contribution in [2.45, 2.75) is 53.6 Å². The zero-order valence-corrected chi connectivity index (χ0v) is 12.5. The predicted octanol–water partition coefficient (Wildman–Crippen LogP) is 4.41. The molecule has 0 fully saturated rings. The number of benzene rings is 1. The Morgan fingerprint density at radius 3 is 2.22 bits per heavy atom. The Morgan fingerprint density at radius 2 is 1.72 bits per heavy atom. The molecule has 0 unspecified atom stereocenters. The van der Waals surface area contributed by atoms with Crippen molar-refractivity contribution >= 4 is 5.69 Å². The molecule has 1 aromatic rings. The molecule has 18 heavy (non-hydrogen) atoms. The highest BCUT2D eigenvalue weighted by Crippen LogP contribution is 2.26. The van der Waals surface area contributed by atoms with Crippen LogP contribution in [0.4, 0.5) is 5.69 Å². The first-order valence-corrected chi connectivity index (χ1v) is 7.10. The fraction of sp³-hybridized carbons (Fsp3) is 0.625. The summed E-state index contributed by atoms with van der Waals surface area (Å²) >= 11 is 0. The van der Waals surface area contributed by atoms with Gasteiger partial charge in [-0.05, 0) is 45.2 Å². The summed E-state index contributed by atoms with van der Waals surface area (Å²) < 4.78 is 5.87. The molecule has 0 aliphatic heterocycles. The second kappa shape index (κ2) is 7.30. The largest absolute Gasteiger partial charge is 0.491 e. The first-order valence-electron chi connectivity index (χ1n) is 7.10. The van der Waals surface area contributed by atoms with Gasteiger partial charge in [0.05, 0.1) is 6.10 Å². The van der Waals surface area contributed by atoms with Gasteiger partial charge in [-0.3, -0.25) is 0 Å². The van der Waals surface area contributed by atoms with Gasteiger partial charge in [-0.15, -0.1) is 0 Å². The van der Waals surface area contributed by atoms with E-state index in [1.807, 2.05) is 0 Å². The third kappa shape index (κ3) is 4.25. The first-order chi connectivity index (χ1) is 8.58. The van der Waals surface area contributed by atoms with Crippen molar-refractivity contribution in [1.29, 1.82) is 0 Å². The van der Waals surface area contributed by atoms with Crippen molar-refractivity contribution in [2.24, 2.45) is 0 Å². The lowest BCUT2D eigenvalue weighted by atomic mass is 10.1. The highest BCUT2D eigenvalue weighted by atomic mass is 16.5. The monoisotopic (exact) mass is 249 g/mol. The number of rotatable bonds is 7. The van der Waals surface area contributed by atoms with Crippen LogP contribution in [0.2, 0.25) is 0 Å². The van der Waals surface area contributed by atoms with E-state index < -0.39 is 0 Å². The van der Waals surface area contributed by atoms with Gasteiger partial charge >= 0.3 is 0 Å². The van der Waals surface area contributed by atoms with Crippen LogP contribution in [0.15, 0.2) is 18.2 Å². The average molecular weight is 249 g/mol. The van der Waals surface area contributed by atoms with E-state index in [1.54, 1.807) is 0 Å². The van der Waals surface area contributed by atoms with E-state index >= 15 is 0 Å². The van der Waals surface area contributed by atoms with Gasteiger partial charge in [0.15, 0.2) is 0 Å². The van der Waals surface area contributed by atoms with Gasteiger partial charge in [0, 0.05) is 24.8 Å². The Bertz CT molecular complexity index is 354. The third-order valence-corrected chi connectivity index (χ3v) is 2.89. The minimum absolute atomic E-state index is 0.227. The maximum Gasteiger partial charge on any atom is 0.124 e. The summed E-state index contributed by atoms with van der Waals surface area (Å²) in [4.78, 5) is 2.44. The van der Waals surface area contributed by atoms with Crippen LogP contribution in [-0.2, 0) is 0 Å². The SMILES string of the molecule is CCCN(CCC)c1ccc(C)c(OC(C)C)c1. The number of hydrogen-bond donors (Lipinski definition) is 0. The van der Waals surface area contributed by atoms with E-state index in [1.165, 1.54) is 24.1 Å². The fourth-order valence-electron chi connectivity index (χ4n) is 2.08. The third-order valence-electron chi connectivity index (χ3n) is 2.89. The molecule has 0 amide bonds. The zero-order valence-electron chi connectivity index (χ0n) is 12.5. The van der Waals surface area contributed by atoms with Gasteiger partial charge in [0.1, 0.15) is 5.75 Å². The lowest BCUT2D eigenvalue weighted by Gasteiger charge is -2.25. The van der Waals surface area contributed by atoms with Gasteiger partial charge in [0.25, 0.3) is 0 Å². The molecule has 102 valence electrons. The van der Waals surface area contributed by atoms with Crippen molar-refractivity contribution < 1.29 is 4.74 Å². The van der Waals surface area contributed by atoms with Crippen LogP contribution in [-0.4, -0.2) is 19.2 Å². The Morgan fingerprint density at radius 1 is 1.11 bits per heavy atom. The Labute approximate surface area is 112 Å². The summed E-state index contributed by atoms with van der Waals surface area (Å²) in [6.45, 7) is 12.9. The molecule has 1 aromatic carbocycles. The van der Waals surface area contributed by atoms with Crippen LogP contribution in [0.3, 0.4) is 0 Å². The van der Waals surface area contributed by atoms with Crippen molar-refractivity contribution in [3.63, 3.8) is 0 Å². The van der Waals surface area contributed by atoms with E-state index in [2.05, 4.69) is 57.7 Å². The lowest BCUT2D eigenvalue weighted by molar-refractivity contribution is 0.241. The molecule has 0 atom stereocenters. The molecular weight excluding hydrogens is 222 g/mol. The molecule has 0 aromatic heterocycles. The molecule has 0 radical (unpaired) electrons. The molecule has 2 nitrogen and oxygen atoms in total. The smallest absolute Gasteiger partial charge is 0.124 e. The van der Waals surface area contributed by atoms with E-state index in [9.17, 15) is 0 Å². The van der Waals surface area contributed by atoms with Crippen LogP contribution in [0.5, 0.6) is 5.75 Å². The topological polar surface area (TPSA) is 12.5 Å². The second-order valence-electron chi connectivity index (χ2n) is 5.10. The molecule has 1 rings (SSSR count). The Hall–Kier alpha value is -1.18. The van der Waals surface area contributed by atoms with E-state index in [0.29, 0.717) is 0 Å². The van der Waals surface area contributed by atoms with E-state index in [0.717, 1.165) is 18.8 Å². The normalized spacial score (nSPS) is 10.8. The van der Waals surface area contributed by atoms with E-state index in [-0.39, 0.29) is 6.10 Å². The quantitative estimate of drug-likeness (QED) is 0.709. The second-order valence-corrected chi connectivity index (χ2v) is 5.10. The number of anilines is 1. The Balaban J connectivity index is 2.93. The molecule has 0 saturated heterocycles. The summed E-state index contributed by atoms with van der Waals surface area (Å²) in [7, 11) is 0. The minimum Gasteiger partial charge on any atom is -0.491 e. The maximum absolute atomic E-state index is 5.87. The summed E-state index contributed by atoms with van der Waals surface area (Å²) in [5.74, 6) is 1.01. The highest BCUT2D eigenvalue weighted by Gasteiger charge is 2.08. The van der Waals surface area contributed by atoms with Crippen molar-refractivity contribution in [3.8, 4) is 5.75 Å². The molecule has 0 N–H and O–H groups in total. The molecular formula is C16H27NO. The average Bonchev–Trinajstić information content (AvgIpc) is 2.31. The minimum atomic E-state index is 0.227. The van der Waals surface area contributed by atoms with Gasteiger partial charge in [-0.25, -0.2) is 0 Å². The van der Waals surface area contributed by atoms with Crippen LogP contribution in [0.25, 0.3) is 0 Å². The molecule has 0 saturated carbocycles. The molecule has 2 heteroatoms. The zero-order chi connectivity index (χ0) is 13.5. The number of ether oxygens (including phenoxy) is 1. The highest BCUT2D eigenvalue weighted by molar-refractivity contribution is 5.53. The Kier molecular flexibility index (Phi) is 6.03. The summed E-state index contributed by atoms with van der Waals surface area (Å²) in [6, 6.07) is 6.54. The fourth-order valence-corrected chi connectivity index (χ4v) is 2.08.